The van der Waals surface area contributed by atoms with Crippen LogP contribution in [0.3, 0.4) is 0 Å². The highest BCUT2D eigenvalue weighted by molar-refractivity contribution is 5.73. The van der Waals surface area contributed by atoms with Crippen LogP contribution in [-0.4, -0.2) is 35.1 Å². The normalized spacial score (nSPS) is 20.8. The summed E-state index contributed by atoms with van der Waals surface area (Å²) < 4.78 is 0. The third-order valence-corrected chi connectivity index (χ3v) is 3.65. The largest absolute Gasteiger partial charge is 0.480 e. The highest BCUT2D eigenvalue weighted by Crippen LogP contribution is 2.17. The molecule has 1 saturated heterocycles. The lowest BCUT2D eigenvalue weighted by Crippen LogP contribution is -2.45. The van der Waals surface area contributed by atoms with Crippen molar-refractivity contribution in [2.75, 3.05) is 13.1 Å². The molecule has 1 heterocycles. The molecule has 0 amide bonds. The Morgan fingerprint density at radius 3 is 2.78 bits per heavy atom. The lowest BCUT2D eigenvalue weighted by atomic mass is 10.0. The molecular weight excluding hydrogens is 226 g/mol. The van der Waals surface area contributed by atoms with Crippen LogP contribution in [-0.2, 0) is 11.2 Å². The van der Waals surface area contributed by atoms with E-state index < -0.39 is 5.97 Å². The molecule has 18 heavy (non-hydrogen) atoms. The van der Waals surface area contributed by atoms with E-state index in [9.17, 15) is 9.90 Å². The molecule has 0 aliphatic carbocycles. The molecule has 0 saturated carbocycles. The first-order chi connectivity index (χ1) is 8.77. The summed E-state index contributed by atoms with van der Waals surface area (Å²) in [6.45, 7) is 1.83. The number of aryl methyl sites for hydroxylation is 1. The van der Waals surface area contributed by atoms with Crippen LogP contribution in [0.5, 0.6) is 0 Å². The Morgan fingerprint density at radius 2 is 2.06 bits per heavy atom. The Morgan fingerprint density at radius 1 is 1.28 bits per heavy atom. The van der Waals surface area contributed by atoms with Crippen molar-refractivity contribution in [1.29, 1.82) is 0 Å². The molecule has 1 N–H and O–H groups in total. The van der Waals surface area contributed by atoms with Gasteiger partial charge in [-0.2, -0.15) is 0 Å². The monoisotopic (exact) mass is 247 g/mol. The standard InChI is InChI=1S/C15H21NO2/c17-15(18)14-10-4-5-11-16(14)12-6-9-13-7-2-1-3-8-13/h1-3,7-8,14H,4-6,9-12H2,(H,17,18). The summed E-state index contributed by atoms with van der Waals surface area (Å²) in [5, 5.41) is 9.18. The number of benzene rings is 1. The predicted molar refractivity (Wildman–Crippen MR) is 71.6 cm³/mol. The zero-order valence-corrected chi connectivity index (χ0v) is 10.7. The number of carboxylic acid groups (broad SMARTS) is 1. The van der Waals surface area contributed by atoms with E-state index >= 15 is 0 Å². The molecule has 0 radical (unpaired) electrons. The van der Waals surface area contributed by atoms with Crippen LogP contribution in [0.15, 0.2) is 30.3 Å². The van der Waals surface area contributed by atoms with Crippen molar-refractivity contribution in [1.82, 2.24) is 4.90 Å². The maximum Gasteiger partial charge on any atom is 0.320 e. The maximum absolute atomic E-state index is 11.2. The van der Waals surface area contributed by atoms with Crippen LogP contribution in [0.2, 0.25) is 0 Å². The average molecular weight is 247 g/mol. The number of aliphatic carboxylic acids is 1. The van der Waals surface area contributed by atoms with Gasteiger partial charge in [-0.05, 0) is 44.3 Å². The zero-order valence-electron chi connectivity index (χ0n) is 10.7. The van der Waals surface area contributed by atoms with Crippen LogP contribution in [0.4, 0.5) is 0 Å². The van der Waals surface area contributed by atoms with Crippen molar-refractivity contribution in [3.63, 3.8) is 0 Å². The van der Waals surface area contributed by atoms with E-state index in [2.05, 4.69) is 29.2 Å². The summed E-state index contributed by atoms with van der Waals surface area (Å²) in [6, 6.07) is 10.1. The van der Waals surface area contributed by atoms with Crippen LogP contribution in [0, 0.1) is 0 Å². The lowest BCUT2D eigenvalue weighted by molar-refractivity contribution is -0.144. The molecule has 98 valence electrons. The molecule has 1 atom stereocenters. The summed E-state index contributed by atoms with van der Waals surface area (Å²) >= 11 is 0. The van der Waals surface area contributed by atoms with Crippen LogP contribution in [0.25, 0.3) is 0 Å². The van der Waals surface area contributed by atoms with E-state index in [0.29, 0.717) is 0 Å². The van der Waals surface area contributed by atoms with Crippen LogP contribution >= 0.6 is 0 Å². The van der Waals surface area contributed by atoms with Crippen molar-refractivity contribution in [3.8, 4) is 0 Å². The zero-order chi connectivity index (χ0) is 12.8. The Hall–Kier alpha value is -1.35. The number of likely N-dealkylation sites (tertiary alicyclic amines) is 1. The summed E-state index contributed by atoms with van der Waals surface area (Å²) in [5.41, 5.74) is 1.33. The van der Waals surface area contributed by atoms with E-state index in [4.69, 9.17) is 0 Å². The fourth-order valence-electron chi connectivity index (χ4n) is 2.67. The second kappa shape index (κ2) is 6.55. The summed E-state index contributed by atoms with van der Waals surface area (Å²) in [6.07, 6.45) is 5.05. The number of carbonyl (C=O) groups is 1. The molecule has 0 aromatic heterocycles. The number of nitrogens with zero attached hydrogens (tertiary/aromatic N) is 1. The third kappa shape index (κ3) is 3.57. The molecule has 2 rings (SSSR count). The molecule has 0 spiro atoms. The minimum absolute atomic E-state index is 0.255. The summed E-state index contributed by atoms with van der Waals surface area (Å²) in [7, 11) is 0. The smallest absolute Gasteiger partial charge is 0.320 e. The minimum Gasteiger partial charge on any atom is -0.480 e. The minimum atomic E-state index is -0.658. The molecule has 3 nitrogen and oxygen atoms in total. The topological polar surface area (TPSA) is 40.5 Å². The van der Waals surface area contributed by atoms with E-state index in [1.807, 2.05) is 6.07 Å². The van der Waals surface area contributed by atoms with Crippen LogP contribution in [0.1, 0.15) is 31.2 Å². The number of hydrogen-bond acceptors (Lipinski definition) is 2. The van der Waals surface area contributed by atoms with E-state index in [0.717, 1.165) is 45.2 Å². The predicted octanol–water partition coefficient (Wildman–Crippen LogP) is 2.56. The van der Waals surface area contributed by atoms with E-state index in [-0.39, 0.29) is 6.04 Å². The number of piperidine rings is 1. The first-order valence-corrected chi connectivity index (χ1v) is 6.78. The van der Waals surface area contributed by atoms with Gasteiger partial charge < -0.3 is 5.11 Å². The van der Waals surface area contributed by atoms with Gasteiger partial charge in [0.2, 0.25) is 0 Å². The quantitative estimate of drug-likeness (QED) is 0.869. The van der Waals surface area contributed by atoms with Crippen molar-refractivity contribution < 1.29 is 9.90 Å². The number of carboxylic acids is 1. The van der Waals surface area contributed by atoms with Gasteiger partial charge in [0.1, 0.15) is 6.04 Å². The highest BCUT2D eigenvalue weighted by atomic mass is 16.4. The molecule has 1 aromatic rings. The average Bonchev–Trinajstić information content (AvgIpc) is 2.40. The fraction of sp³-hybridized carbons (Fsp3) is 0.533. The van der Waals surface area contributed by atoms with Crippen molar-refractivity contribution in [3.05, 3.63) is 35.9 Å². The lowest BCUT2D eigenvalue weighted by Gasteiger charge is -2.32. The Kier molecular flexibility index (Phi) is 4.76. The fourth-order valence-corrected chi connectivity index (χ4v) is 2.67. The molecular formula is C15H21NO2. The molecule has 0 bridgehead atoms. The molecule has 1 aliphatic rings. The second-order valence-electron chi connectivity index (χ2n) is 4.97. The van der Waals surface area contributed by atoms with Crippen molar-refractivity contribution in [2.24, 2.45) is 0 Å². The second-order valence-corrected chi connectivity index (χ2v) is 4.97. The van der Waals surface area contributed by atoms with Crippen molar-refractivity contribution >= 4 is 5.97 Å². The van der Waals surface area contributed by atoms with Gasteiger partial charge in [0, 0.05) is 0 Å². The van der Waals surface area contributed by atoms with Gasteiger partial charge in [0.05, 0.1) is 0 Å². The number of hydrogen-bond donors (Lipinski definition) is 1. The van der Waals surface area contributed by atoms with Crippen molar-refractivity contribution in [2.45, 2.75) is 38.1 Å². The Labute approximate surface area is 108 Å². The van der Waals surface area contributed by atoms with Gasteiger partial charge in [0.25, 0.3) is 0 Å². The van der Waals surface area contributed by atoms with Gasteiger partial charge in [-0.25, -0.2) is 0 Å². The van der Waals surface area contributed by atoms with Crippen LogP contribution < -0.4 is 0 Å². The van der Waals surface area contributed by atoms with Gasteiger partial charge in [-0.15, -0.1) is 0 Å². The summed E-state index contributed by atoms with van der Waals surface area (Å²) in [4.78, 5) is 13.3. The molecule has 1 aliphatic heterocycles. The third-order valence-electron chi connectivity index (χ3n) is 3.65. The van der Waals surface area contributed by atoms with E-state index in [1.54, 1.807) is 0 Å². The highest BCUT2D eigenvalue weighted by Gasteiger charge is 2.27. The van der Waals surface area contributed by atoms with Gasteiger partial charge in [-0.3, -0.25) is 9.69 Å². The Bertz CT molecular complexity index is 377. The van der Waals surface area contributed by atoms with Gasteiger partial charge in [-0.1, -0.05) is 36.8 Å². The first kappa shape index (κ1) is 13.1. The maximum atomic E-state index is 11.2. The molecule has 1 aromatic carbocycles. The van der Waals surface area contributed by atoms with E-state index in [1.165, 1.54) is 5.56 Å². The first-order valence-electron chi connectivity index (χ1n) is 6.78. The Balaban J connectivity index is 1.79. The molecule has 3 heteroatoms. The van der Waals surface area contributed by atoms with Gasteiger partial charge >= 0.3 is 5.97 Å². The number of rotatable bonds is 5. The molecule has 1 fully saturated rings. The molecule has 1 unspecified atom stereocenters. The summed E-state index contributed by atoms with van der Waals surface area (Å²) in [5.74, 6) is -0.658. The van der Waals surface area contributed by atoms with Gasteiger partial charge in [0.15, 0.2) is 0 Å². The SMILES string of the molecule is O=C(O)C1CCCCN1CCCc1ccccc1.